The summed E-state index contributed by atoms with van der Waals surface area (Å²) >= 11 is 3.41. The molecule has 3 rings (SSSR count). The van der Waals surface area contributed by atoms with Crippen molar-refractivity contribution in [3.8, 4) is 0 Å². The fourth-order valence-corrected chi connectivity index (χ4v) is 2.67. The molecule has 21 heavy (non-hydrogen) atoms. The predicted octanol–water partition coefficient (Wildman–Crippen LogP) is 4.99. The van der Waals surface area contributed by atoms with E-state index in [1.54, 1.807) is 0 Å². The third kappa shape index (κ3) is 2.98. The molecule has 0 fully saturated rings. The highest BCUT2D eigenvalue weighted by atomic mass is 79.9. The van der Waals surface area contributed by atoms with Crippen LogP contribution in [0.1, 0.15) is 15.9 Å². The van der Waals surface area contributed by atoms with Crippen LogP contribution in [-0.4, -0.2) is 5.91 Å². The first kappa shape index (κ1) is 13.8. The summed E-state index contributed by atoms with van der Waals surface area (Å²) in [5.41, 5.74) is 2.67. The lowest BCUT2D eigenvalue weighted by atomic mass is 10.0. The Labute approximate surface area is 131 Å². The number of amides is 1. The van der Waals surface area contributed by atoms with Crippen molar-refractivity contribution < 1.29 is 4.79 Å². The zero-order chi connectivity index (χ0) is 14.7. The molecule has 0 saturated heterocycles. The number of hydrogen-bond acceptors (Lipinski definition) is 1. The van der Waals surface area contributed by atoms with Gasteiger partial charge in [0, 0.05) is 16.6 Å². The molecule has 0 heterocycles. The molecule has 0 atom stereocenters. The van der Waals surface area contributed by atoms with Crippen LogP contribution in [0.2, 0.25) is 0 Å². The molecular weight excluding hydrogens is 326 g/mol. The van der Waals surface area contributed by atoms with Gasteiger partial charge in [-0.3, -0.25) is 4.79 Å². The second-order valence-electron chi connectivity index (χ2n) is 4.81. The molecule has 104 valence electrons. The fraction of sp³-hybridized carbons (Fsp3) is 0.0556. The van der Waals surface area contributed by atoms with E-state index >= 15 is 0 Å². The Morgan fingerprint density at radius 2 is 1.62 bits per heavy atom. The zero-order valence-corrected chi connectivity index (χ0v) is 12.9. The maximum atomic E-state index is 12.5. The van der Waals surface area contributed by atoms with Crippen LogP contribution < -0.4 is 5.32 Å². The first-order chi connectivity index (χ1) is 10.3. The molecule has 0 aliphatic rings. The molecule has 0 spiro atoms. The Balaban J connectivity index is 1.90. The summed E-state index contributed by atoms with van der Waals surface area (Å²) in [6.45, 7) is 0. The molecule has 2 nitrogen and oxygen atoms in total. The zero-order valence-electron chi connectivity index (χ0n) is 11.3. The maximum Gasteiger partial charge on any atom is 0.256 e. The van der Waals surface area contributed by atoms with Crippen LogP contribution in [-0.2, 0) is 5.33 Å². The standard InChI is InChI=1S/C18H14BrNO/c19-12-13-8-10-15(11-9-13)20-18(21)17-7-3-5-14-4-1-2-6-16(14)17/h1-11H,12H2,(H,20,21). The van der Waals surface area contributed by atoms with Crippen LogP contribution in [0.5, 0.6) is 0 Å². The van der Waals surface area contributed by atoms with Gasteiger partial charge >= 0.3 is 0 Å². The van der Waals surface area contributed by atoms with Gasteiger partial charge in [0.1, 0.15) is 0 Å². The van der Waals surface area contributed by atoms with Crippen molar-refractivity contribution in [1.82, 2.24) is 0 Å². The van der Waals surface area contributed by atoms with Crippen LogP contribution in [0.4, 0.5) is 5.69 Å². The second kappa shape index (κ2) is 6.10. The van der Waals surface area contributed by atoms with Gasteiger partial charge in [0.05, 0.1) is 0 Å². The van der Waals surface area contributed by atoms with Crippen molar-refractivity contribution in [2.75, 3.05) is 5.32 Å². The van der Waals surface area contributed by atoms with E-state index in [2.05, 4.69) is 21.2 Å². The highest BCUT2D eigenvalue weighted by Crippen LogP contribution is 2.20. The van der Waals surface area contributed by atoms with E-state index in [1.807, 2.05) is 66.7 Å². The van der Waals surface area contributed by atoms with Gasteiger partial charge in [-0.2, -0.15) is 0 Å². The largest absolute Gasteiger partial charge is 0.322 e. The second-order valence-corrected chi connectivity index (χ2v) is 5.37. The number of fused-ring (bicyclic) bond motifs is 1. The van der Waals surface area contributed by atoms with Gasteiger partial charge < -0.3 is 5.32 Å². The number of benzene rings is 3. The number of hydrogen-bond donors (Lipinski definition) is 1. The van der Waals surface area contributed by atoms with E-state index in [0.717, 1.165) is 21.8 Å². The Morgan fingerprint density at radius 3 is 2.38 bits per heavy atom. The van der Waals surface area contributed by atoms with E-state index < -0.39 is 0 Å². The summed E-state index contributed by atoms with van der Waals surface area (Å²) in [4.78, 5) is 12.5. The van der Waals surface area contributed by atoms with Crippen molar-refractivity contribution in [1.29, 1.82) is 0 Å². The van der Waals surface area contributed by atoms with Crippen molar-refractivity contribution >= 4 is 38.3 Å². The highest BCUT2D eigenvalue weighted by molar-refractivity contribution is 9.08. The summed E-state index contributed by atoms with van der Waals surface area (Å²) in [7, 11) is 0. The first-order valence-corrected chi connectivity index (χ1v) is 7.84. The molecule has 0 aromatic heterocycles. The van der Waals surface area contributed by atoms with Gasteiger partial charge in [0.2, 0.25) is 0 Å². The molecular formula is C18H14BrNO. The highest BCUT2D eigenvalue weighted by Gasteiger charge is 2.09. The maximum absolute atomic E-state index is 12.5. The Bertz CT molecular complexity index is 775. The monoisotopic (exact) mass is 339 g/mol. The van der Waals surface area contributed by atoms with Crippen LogP contribution in [0.15, 0.2) is 66.7 Å². The van der Waals surface area contributed by atoms with Crippen LogP contribution in [0, 0.1) is 0 Å². The van der Waals surface area contributed by atoms with Gasteiger partial charge in [-0.25, -0.2) is 0 Å². The Kier molecular flexibility index (Phi) is 4.02. The Hall–Kier alpha value is -2.13. The lowest BCUT2D eigenvalue weighted by Crippen LogP contribution is -2.12. The van der Waals surface area contributed by atoms with Crippen molar-refractivity contribution in [2.45, 2.75) is 5.33 Å². The first-order valence-electron chi connectivity index (χ1n) is 6.72. The summed E-state index contributed by atoms with van der Waals surface area (Å²) in [5.74, 6) is -0.0848. The van der Waals surface area contributed by atoms with Gasteiger partial charge in [0.25, 0.3) is 5.91 Å². The number of halogens is 1. The number of alkyl halides is 1. The molecule has 0 aliphatic heterocycles. The van der Waals surface area contributed by atoms with Crippen molar-refractivity contribution in [2.24, 2.45) is 0 Å². The van der Waals surface area contributed by atoms with Gasteiger partial charge in [-0.05, 0) is 34.5 Å². The topological polar surface area (TPSA) is 29.1 Å². The van der Waals surface area contributed by atoms with E-state index in [4.69, 9.17) is 0 Å². The molecule has 0 unspecified atom stereocenters. The lowest BCUT2D eigenvalue weighted by Gasteiger charge is -2.08. The average molecular weight is 340 g/mol. The number of nitrogens with one attached hydrogen (secondary N) is 1. The molecule has 0 saturated carbocycles. The minimum absolute atomic E-state index is 0.0848. The van der Waals surface area contributed by atoms with Crippen LogP contribution in [0.3, 0.4) is 0 Å². The number of rotatable bonds is 3. The van der Waals surface area contributed by atoms with Crippen LogP contribution in [0.25, 0.3) is 10.8 Å². The Morgan fingerprint density at radius 1 is 0.905 bits per heavy atom. The van der Waals surface area contributed by atoms with E-state index in [-0.39, 0.29) is 5.91 Å². The molecule has 0 aliphatic carbocycles. The molecule has 3 aromatic carbocycles. The molecule has 3 heteroatoms. The minimum atomic E-state index is -0.0848. The molecule has 1 N–H and O–H groups in total. The minimum Gasteiger partial charge on any atom is -0.322 e. The smallest absolute Gasteiger partial charge is 0.256 e. The van der Waals surface area contributed by atoms with E-state index in [1.165, 1.54) is 5.56 Å². The average Bonchev–Trinajstić information content (AvgIpc) is 2.55. The summed E-state index contributed by atoms with van der Waals surface area (Å²) in [6.07, 6.45) is 0. The molecule has 3 aromatic rings. The molecule has 0 radical (unpaired) electrons. The predicted molar refractivity (Wildman–Crippen MR) is 91.0 cm³/mol. The number of carbonyl (C=O) groups excluding carboxylic acids is 1. The van der Waals surface area contributed by atoms with Crippen molar-refractivity contribution in [3.05, 3.63) is 77.9 Å². The summed E-state index contributed by atoms with van der Waals surface area (Å²) in [5, 5.41) is 5.79. The molecule has 1 amide bonds. The van der Waals surface area contributed by atoms with E-state index in [9.17, 15) is 4.79 Å². The third-order valence-electron chi connectivity index (χ3n) is 3.40. The number of anilines is 1. The normalized spacial score (nSPS) is 10.5. The van der Waals surface area contributed by atoms with Crippen molar-refractivity contribution in [3.63, 3.8) is 0 Å². The van der Waals surface area contributed by atoms with Gasteiger partial charge in [0.15, 0.2) is 0 Å². The van der Waals surface area contributed by atoms with Gasteiger partial charge in [-0.15, -0.1) is 0 Å². The lowest BCUT2D eigenvalue weighted by molar-refractivity contribution is 0.102. The third-order valence-corrected chi connectivity index (χ3v) is 4.05. The summed E-state index contributed by atoms with van der Waals surface area (Å²) in [6, 6.07) is 21.5. The SMILES string of the molecule is O=C(Nc1ccc(CBr)cc1)c1cccc2ccccc12. The summed E-state index contributed by atoms with van der Waals surface area (Å²) < 4.78 is 0. The van der Waals surface area contributed by atoms with Crippen LogP contribution >= 0.6 is 15.9 Å². The molecule has 0 bridgehead atoms. The fourth-order valence-electron chi connectivity index (χ4n) is 2.30. The van der Waals surface area contributed by atoms with Gasteiger partial charge in [-0.1, -0.05) is 64.5 Å². The quantitative estimate of drug-likeness (QED) is 0.669. The number of carbonyl (C=O) groups is 1. The van der Waals surface area contributed by atoms with E-state index in [0.29, 0.717) is 5.56 Å².